The fraction of sp³-hybridized carbons (Fsp3) is 0.333. The molecule has 2 heterocycles. The molecule has 0 radical (unpaired) electrons. The Bertz CT molecular complexity index is 757. The average molecular weight is 374 g/mol. The lowest BCUT2D eigenvalue weighted by Crippen LogP contribution is -2.24. The van der Waals surface area contributed by atoms with Crippen molar-refractivity contribution in [2.75, 3.05) is 12.4 Å². The van der Waals surface area contributed by atoms with Gasteiger partial charge in [0.25, 0.3) is 0 Å². The molecule has 0 spiro atoms. The van der Waals surface area contributed by atoms with Gasteiger partial charge in [-0.05, 0) is 28.9 Å². The smallest absolute Gasteiger partial charge is 0.244 e. The highest BCUT2D eigenvalue weighted by Crippen LogP contribution is 2.22. The summed E-state index contributed by atoms with van der Waals surface area (Å²) in [6, 6.07) is 1.51. The Balaban J connectivity index is 2.27. The summed E-state index contributed by atoms with van der Waals surface area (Å²) in [6.45, 7) is 2.06. The van der Waals surface area contributed by atoms with Crippen molar-refractivity contribution in [3.63, 3.8) is 0 Å². The summed E-state index contributed by atoms with van der Waals surface area (Å²) in [6.07, 6.45) is 3.19. The summed E-state index contributed by atoms with van der Waals surface area (Å²) in [4.78, 5) is 4.14. The maximum absolute atomic E-state index is 12.4. The Hall–Kier alpha value is -1.45. The SMILES string of the molecule is CNc1ncc(Br)cc1S(=O)(=O)NCc1cnn(C)c1C. The van der Waals surface area contributed by atoms with Gasteiger partial charge in [-0.3, -0.25) is 4.68 Å². The molecule has 2 aromatic heterocycles. The molecule has 114 valence electrons. The van der Waals surface area contributed by atoms with E-state index in [0.29, 0.717) is 10.3 Å². The monoisotopic (exact) mass is 373 g/mol. The number of nitrogens with zero attached hydrogens (tertiary/aromatic N) is 3. The quantitative estimate of drug-likeness (QED) is 0.826. The van der Waals surface area contributed by atoms with Gasteiger partial charge in [-0.25, -0.2) is 18.1 Å². The lowest BCUT2D eigenvalue weighted by atomic mass is 10.3. The minimum Gasteiger partial charge on any atom is -0.372 e. The standard InChI is InChI=1S/C12H16BrN5O2S/c1-8-9(5-16-18(8)3)6-17-21(19,20)11-4-10(13)7-15-12(11)14-2/h4-5,7,17H,6H2,1-3H3,(H,14,15). The van der Waals surface area contributed by atoms with Gasteiger partial charge in [-0.2, -0.15) is 5.10 Å². The summed E-state index contributed by atoms with van der Waals surface area (Å²) < 4.78 is 29.7. The van der Waals surface area contributed by atoms with Crippen molar-refractivity contribution in [1.82, 2.24) is 19.5 Å². The number of hydrogen-bond donors (Lipinski definition) is 2. The first-order valence-corrected chi connectivity index (χ1v) is 8.43. The normalized spacial score (nSPS) is 11.6. The number of hydrogen-bond acceptors (Lipinski definition) is 5. The first kappa shape index (κ1) is 15.9. The van der Waals surface area contributed by atoms with Crippen LogP contribution in [-0.2, 0) is 23.6 Å². The van der Waals surface area contributed by atoms with Crippen LogP contribution in [0.15, 0.2) is 27.8 Å². The van der Waals surface area contributed by atoms with E-state index >= 15 is 0 Å². The van der Waals surface area contributed by atoms with Gasteiger partial charge in [0, 0.05) is 42.6 Å². The van der Waals surface area contributed by atoms with E-state index in [0.717, 1.165) is 11.3 Å². The highest BCUT2D eigenvalue weighted by atomic mass is 79.9. The van der Waals surface area contributed by atoms with Crippen LogP contribution < -0.4 is 10.0 Å². The van der Waals surface area contributed by atoms with Crippen LogP contribution in [0.5, 0.6) is 0 Å². The first-order chi connectivity index (χ1) is 9.85. The van der Waals surface area contributed by atoms with Crippen molar-refractivity contribution in [2.24, 2.45) is 7.05 Å². The second-order valence-electron chi connectivity index (χ2n) is 4.45. The molecular weight excluding hydrogens is 358 g/mol. The van der Waals surface area contributed by atoms with Crippen LogP contribution in [0.1, 0.15) is 11.3 Å². The molecule has 2 aromatic rings. The van der Waals surface area contributed by atoms with Crippen molar-refractivity contribution < 1.29 is 8.42 Å². The third-order valence-corrected chi connectivity index (χ3v) is 4.98. The molecule has 0 aliphatic rings. The molecule has 2 rings (SSSR count). The number of pyridine rings is 1. The Morgan fingerprint density at radius 3 is 2.67 bits per heavy atom. The largest absolute Gasteiger partial charge is 0.372 e. The zero-order valence-electron chi connectivity index (χ0n) is 11.9. The van der Waals surface area contributed by atoms with Crippen molar-refractivity contribution in [3.05, 3.63) is 34.2 Å². The van der Waals surface area contributed by atoms with Crippen LogP contribution in [0.4, 0.5) is 5.82 Å². The van der Waals surface area contributed by atoms with Crippen LogP contribution in [0.25, 0.3) is 0 Å². The van der Waals surface area contributed by atoms with Gasteiger partial charge in [0.2, 0.25) is 10.0 Å². The fourth-order valence-corrected chi connectivity index (χ4v) is 3.46. The molecule has 0 saturated carbocycles. The van der Waals surface area contributed by atoms with Crippen LogP contribution in [0.3, 0.4) is 0 Å². The van der Waals surface area contributed by atoms with E-state index in [2.05, 4.69) is 36.1 Å². The number of halogens is 1. The minimum atomic E-state index is -3.67. The second-order valence-corrected chi connectivity index (χ2v) is 7.10. The molecule has 2 N–H and O–H groups in total. The zero-order valence-corrected chi connectivity index (χ0v) is 14.3. The van der Waals surface area contributed by atoms with Gasteiger partial charge in [0.1, 0.15) is 10.7 Å². The third-order valence-electron chi connectivity index (χ3n) is 3.14. The molecule has 9 heteroatoms. The molecule has 0 amide bonds. The molecule has 0 saturated heterocycles. The van der Waals surface area contributed by atoms with Gasteiger partial charge in [-0.15, -0.1) is 0 Å². The van der Waals surface area contributed by atoms with Crippen LogP contribution in [0, 0.1) is 6.92 Å². The van der Waals surface area contributed by atoms with E-state index in [-0.39, 0.29) is 11.4 Å². The first-order valence-electron chi connectivity index (χ1n) is 6.15. The van der Waals surface area contributed by atoms with E-state index in [1.54, 1.807) is 17.9 Å². The predicted octanol–water partition coefficient (Wildman–Crippen LogP) is 1.41. The summed E-state index contributed by atoms with van der Waals surface area (Å²) in [7, 11) is -0.238. The summed E-state index contributed by atoms with van der Waals surface area (Å²) in [5, 5.41) is 6.86. The second kappa shape index (κ2) is 6.12. The number of aryl methyl sites for hydroxylation is 1. The van der Waals surface area contributed by atoms with Gasteiger partial charge in [0.05, 0.1) is 6.20 Å². The summed E-state index contributed by atoms with van der Waals surface area (Å²) in [5.41, 5.74) is 1.74. The predicted molar refractivity (Wildman–Crippen MR) is 83.5 cm³/mol. The number of nitrogens with one attached hydrogen (secondary N) is 2. The average Bonchev–Trinajstić information content (AvgIpc) is 2.77. The van der Waals surface area contributed by atoms with Crippen molar-refractivity contribution >= 4 is 31.8 Å². The molecule has 0 atom stereocenters. The fourth-order valence-electron chi connectivity index (χ4n) is 1.78. The topological polar surface area (TPSA) is 88.9 Å². The van der Waals surface area contributed by atoms with Crippen LogP contribution in [-0.4, -0.2) is 30.2 Å². The molecule has 0 unspecified atom stereocenters. The molecule has 0 aliphatic carbocycles. The van der Waals surface area contributed by atoms with Crippen molar-refractivity contribution in [2.45, 2.75) is 18.4 Å². The molecule has 0 aliphatic heterocycles. The highest BCUT2D eigenvalue weighted by Gasteiger charge is 2.20. The molecule has 0 bridgehead atoms. The van der Waals surface area contributed by atoms with Gasteiger partial charge in [-0.1, -0.05) is 0 Å². The van der Waals surface area contributed by atoms with Crippen molar-refractivity contribution in [3.8, 4) is 0 Å². The summed E-state index contributed by atoms with van der Waals surface area (Å²) >= 11 is 3.23. The molecular formula is C12H16BrN5O2S. The Labute approximate surface area is 132 Å². The molecule has 0 fully saturated rings. The highest BCUT2D eigenvalue weighted by molar-refractivity contribution is 9.10. The maximum atomic E-state index is 12.4. The van der Waals surface area contributed by atoms with E-state index in [1.165, 1.54) is 12.3 Å². The van der Waals surface area contributed by atoms with Gasteiger partial charge >= 0.3 is 0 Å². The van der Waals surface area contributed by atoms with Crippen LogP contribution in [0.2, 0.25) is 0 Å². The number of aromatic nitrogens is 3. The Morgan fingerprint density at radius 2 is 2.10 bits per heavy atom. The number of rotatable bonds is 5. The lowest BCUT2D eigenvalue weighted by molar-refractivity contribution is 0.581. The minimum absolute atomic E-state index is 0.0981. The van der Waals surface area contributed by atoms with Gasteiger partial charge in [0.15, 0.2) is 0 Å². The molecule has 0 aromatic carbocycles. The summed E-state index contributed by atoms with van der Waals surface area (Å²) in [5.74, 6) is 0.300. The number of anilines is 1. The molecule has 7 nitrogen and oxygen atoms in total. The zero-order chi connectivity index (χ0) is 15.6. The van der Waals surface area contributed by atoms with Gasteiger partial charge < -0.3 is 5.32 Å². The Kier molecular flexibility index (Phi) is 4.64. The van der Waals surface area contributed by atoms with E-state index < -0.39 is 10.0 Å². The molecule has 21 heavy (non-hydrogen) atoms. The van der Waals surface area contributed by atoms with E-state index in [1.807, 2.05) is 14.0 Å². The maximum Gasteiger partial charge on any atom is 0.244 e. The van der Waals surface area contributed by atoms with E-state index in [4.69, 9.17) is 0 Å². The van der Waals surface area contributed by atoms with Crippen molar-refractivity contribution in [1.29, 1.82) is 0 Å². The third kappa shape index (κ3) is 3.42. The number of sulfonamides is 1. The van der Waals surface area contributed by atoms with E-state index in [9.17, 15) is 8.42 Å². The van der Waals surface area contributed by atoms with Crippen LogP contribution >= 0.6 is 15.9 Å². The lowest BCUT2D eigenvalue weighted by Gasteiger charge is -2.10. The Morgan fingerprint density at radius 1 is 1.38 bits per heavy atom.